The van der Waals surface area contributed by atoms with Crippen molar-refractivity contribution in [3.05, 3.63) is 34.0 Å². The molecule has 15 heavy (non-hydrogen) atoms. The molecule has 0 radical (unpaired) electrons. The summed E-state index contributed by atoms with van der Waals surface area (Å²) in [7, 11) is 0. The standard InChI is InChI=1S/C9H9N3O2S/c1-6-8(9(13)14)11-7(15-6)5-12-4-2-3-10-12/h2-4H,5H2,1H3,(H,13,14). The van der Waals surface area contributed by atoms with Crippen LogP contribution in [-0.2, 0) is 6.54 Å². The Kier molecular flexibility index (Phi) is 2.51. The quantitative estimate of drug-likeness (QED) is 0.853. The molecule has 0 fully saturated rings. The Morgan fingerprint density at radius 2 is 2.47 bits per heavy atom. The topological polar surface area (TPSA) is 68.0 Å². The molecule has 78 valence electrons. The van der Waals surface area contributed by atoms with Gasteiger partial charge in [0.05, 0.1) is 6.54 Å². The van der Waals surface area contributed by atoms with Gasteiger partial charge in [0.1, 0.15) is 5.01 Å². The molecule has 0 aliphatic heterocycles. The normalized spacial score (nSPS) is 10.5. The van der Waals surface area contributed by atoms with Gasteiger partial charge in [-0.05, 0) is 13.0 Å². The number of thiazole rings is 1. The monoisotopic (exact) mass is 223 g/mol. The summed E-state index contributed by atoms with van der Waals surface area (Å²) in [6.07, 6.45) is 3.50. The average Bonchev–Trinajstić information content (AvgIpc) is 2.75. The molecule has 0 atom stereocenters. The van der Waals surface area contributed by atoms with Gasteiger partial charge in [-0.1, -0.05) is 0 Å². The van der Waals surface area contributed by atoms with Gasteiger partial charge in [-0.3, -0.25) is 4.68 Å². The number of hydrogen-bond donors (Lipinski definition) is 1. The van der Waals surface area contributed by atoms with E-state index in [0.717, 1.165) is 9.88 Å². The molecule has 0 unspecified atom stereocenters. The Bertz CT molecular complexity index is 476. The lowest BCUT2D eigenvalue weighted by atomic mass is 10.4. The Morgan fingerprint density at radius 3 is 3.00 bits per heavy atom. The molecule has 2 heterocycles. The summed E-state index contributed by atoms with van der Waals surface area (Å²) in [5.41, 5.74) is 0.141. The zero-order valence-corrected chi connectivity index (χ0v) is 8.86. The first kappa shape index (κ1) is 9.85. The van der Waals surface area contributed by atoms with E-state index >= 15 is 0 Å². The SMILES string of the molecule is Cc1sc(Cn2cccn2)nc1C(=O)O. The third-order valence-corrected chi connectivity index (χ3v) is 2.86. The van der Waals surface area contributed by atoms with Crippen molar-refractivity contribution >= 4 is 17.3 Å². The van der Waals surface area contributed by atoms with Gasteiger partial charge >= 0.3 is 5.97 Å². The molecular weight excluding hydrogens is 214 g/mol. The molecule has 2 aromatic heterocycles. The van der Waals surface area contributed by atoms with Crippen molar-refractivity contribution in [3.63, 3.8) is 0 Å². The summed E-state index contributed by atoms with van der Waals surface area (Å²) in [5.74, 6) is -0.976. The molecule has 6 heteroatoms. The van der Waals surface area contributed by atoms with Crippen LogP contribution < -0.4 is 0 Å². The van der Waals surface area contributed by atoms with Crippen LogP contribution in [-0.4, -0.2) is 25.8 Å². The molecule has 0 aliphatic rings. The number of carboxylic acid groups (broad SMARTS) is 1. The van der Waals surface area contributed by atoms with Crippen molar-refractivity contribution in [2.45, 2.75) is 13.5 Å². The Hall–Kier alpha value is -1.69. The molecule has 1 N–H and O–H groups in total. The predicted molar refractivity (Wildman–Crippen MR) is 55.1 cm³/mol. The lowest BCUT2D eigenvalue weighted by Gasteiger charge is -1.94. The van der Waals surface area contributed by atoms with Crippen LogP contribution in [0.1, 0.15) is 20.4 Å². The minimum absolute atomic E-state index is 0.141. The fourth-order valence-electron chi connectivity index (χ4n) is 1.25. The average molecular weight is 223 g/mol. The van der Waals surface area contributed by atoms with Gasteiger partial charge < -0.3 is 5.11 Å². The van der Waals surface area contributed by atoms with E-state index in [1.54, 1.807) is 17.8 Å². The zero-order chi connectivity index (χ0) is 10.8. The summed E-state index contributed by atoms with van der Waals surface area (Å²) < 4.78 is 1.71. The second kappa shape index (κ2) is 3.82. The molecule has 0 aliphatic carbocycles. The Morgan fingerprint density at radius 1 is 1.67 bits per heavy atom. The molecule has 0 aromatic carbocycles. The van der Waals surface area contributed by atoms with E-state index in [-0.39, 0.29) is 5.69 Å². The highest BCUT2D eigenvalue weighted by Crippen LogP contribution is 2.18. The molecule has 0 amide bonds. The predicted octanol–water partition coefficient (Wildman–Crippen LogP) is 1.39. The van der Waals surface area contributed by atoms with Crippen LogP contribution in [0.5, 0.6) is 0 Å². The third kappa shape index (κ3) is 2.04. The Labute approximate surface area is 90.0 Å². The molecule has 5 nitrogen and oxygen atoms in total. The number of aryl methyl sites for hydroxylation is 1. The van der Waals surface area contributed by atoms with Crippen LogP contribution in [0.25, 0.3) is 0 Å². The van der Waals surface area contributed by atoms with E-state index in [4.69, 9.17) is 5.11 Å². The smallest absolute Gasteiger partial charge is 0.355 e. The van der Waals surface area contributed by atoms with Crippen LogP contribution in [0.4, 0.5) is 0 Å². The molecule has 0 saturated heterocycles. The van der Waals surface area contributed by atoms with E-state index in [1.807, 2.05) is 12.3 Å². The summed E-state index contributed by atoms with van der Waals surface area (Å²) in [6.45, 7) is 2.28. The maximum absolute atomic E-state index is 10.8. The van der Waals surface area contributed by atoms with Gasteiger partial charge in [-0.25, -0.2) is 9.78 Å². The van der Waals surface area contributed by atoms with E-state index in [0.29, 0.717) is 6.54 Å². The highest BCUT2D eigenvalue weighted by molar-refractivity contribution is 7.11. The number of nitrogens with zero attached hydrogens (tertiary/aromatic N) is 3. The van der Waals surface area contributed by atoms with Crippen molar-refractivity contribution in [3.8, 4) is 0 Å². The van der Waals surface area contributed by atoms with Crippen molar-refractivity contribution in [1.29, 1.82) is 0 Å². The fraction of sp³-hybridized carbons (Fsp3) is 0.222. The summed E-state index contributed by atoms with van der Waals surface area (Å²) in [4.78, 5) is 15.5. The number of hydrogen-bond acceptors (Lipinski definition) is 4. The lowest BCUT2D eigenvalue weighted by Crippen LogP contribution is -2.02. The first-order chi connectivity index (χ1) is 7.16. The second-order valence-corrected chi connectivity index (χ2v) is 4.31. The summed E-state index contributed by atoms with van der Waals surface area (Å²) in [5, 5.41) is 13.6. The van der Waals surface area contributed by atoms with Crippen molar-refractivity contribution in [1.82, 2.24) is 14.8 Å². The van der Waals surface area contributed by atoms with E-state index in [1.165, 1.54) is 11.3 Å². The molecule has 0 bridgehead atoms. The minimum atomic E-state index is -0.976. The molecule has 2 rings (SSSR count). The first-order valence-corrected chi connectivity index (χ1v) is 5.15. The van der Waals surface area contributed by atoms with Gasteiger partial charge in [0.25, 0.3) is 0 Å². The number of carboxylic acids is 1. The molecular formula is C9H9N3O2S. The summed E-state index contributed by atoms with van der Waals surface area (Å²) >= 11 is 1.39. The van der Waals surface area contributed by atoms with Crippen LogP contribution >= 0.6 is 11.3 Å². The largest absolute Gasteiger partial charge is 0.476 e. The van der Waals surface area contributed by atoms with Crippen molar-refractivity contribution in [2.75, 3.05) is 0 Å². The molecule has 2 aromatic rings. The second-order valence-electron chi connectivity index (χ2n) is 3.02. The summed E-state index contributed by atoms with van der Waals surface area (Å²) in [6, 6.07) is 1.82. The number of aromatic nitrogens is 3. The van der Waals surface area contributed by atoms with Gasteiger partial charge in [0.15, 0.2) is 5.69 Å². The zero-order valence-electron chi connectivity index (χ0n) is 8.04. The molecule has 0 spiro atoms. The number of rotatable bonds is 3. The van der Waals surface area contributed by atoms with Gasteiger partial charge in [0, 0.05) is 17.3 Å². The highest BCUT2D eigenvalue weighted by Gasteiger charge is 2.13. The van der Waals surface area contributed by atoms with E-state index < -0.39 is 5.97 Å². The maximum Gasteiger partial charge on any atom is 0.355 e. The number of carbonyl (C=O) groups is 1. The van der Waals surface area contributed by atoms with Gasteiger partial charge in [0.2, 0.25) is 0 Å². The van der Waals surface area contributed by atoms with E-state index in [2.05, 4.69) is 10.1 Å². The van der Waals surface area contributed by atoms with Crippen molar-refractivity contribution in [2.24, 2.45) is 0 Å². The molecule has 0 saturated carbocycles. The van der Waals surface area contributed by atoms with Gasteiger partial charge in [-0.2, -0.15) is 5.10 Å². The first-order valence-electron chi connectivity index (χ1n) is 4.34. The van der Waals surface area contributed by atoms with Crippen LogP contribution in [0.3, 0.4) is 0 Å². The minimum Gasteiger partial charge on any atom is -0.476 e. The highest BCUT2D eigenvalue weighted by atomic mass is 32.1. The van der Waals surface area contributed by atoms with Crippen molar-refractivity contribution < 1.29 is 9.90 Å². The van der Waals surface area contributed by atoms with E-state index in [9.17, 15) is 4.79 Å². The van der Waals surface area contributed by atoms with Crippen LogP contribution in [0.2, 0.25) is 0 Å². The Balaban J connectivity index is 2.23. The maximum atomic E-state index is 10.8. The van der Waals surface area contributed by atoms with Crippen LogP contribution in [0, 0.1) is 6.92 Å². The third-order valence-electron chi connectivity index (χ3n) is 1.90. The van der Waals surface area contributed by atoms with Gasteiger partial charge in [-0.15, -0.1) is 11.3 Å². The lowest BCUT2D eigenvalue weighted by molar-refractivity contribution is 0.0690. The number of aromatic carboxylic acids is 1. The van der Waals surface area contributed by atoms with Crippen LogP contribution in [0.15, 0.2) is 18.5 Å². The fourth-order valence-corrected chi connectivity index (χ4v) is 2.17.